The number of carbonyl (C=O) groups excluding carboxylic acids is 1. The Labute approximate surface area is 185 Å². The summed E-state index contributed by atoms with van der Waals surface area (Å²) in [4.78, 5) is 17.0. The Kier molecular flexibility index (Phi) is 7.54. The van der Waals surface area contributed by atoms with E-state index >= 15 is 0 Å². The molecule has 4 rings (SSSR count). The van der Waals surface area contributed by atoms with Crippen LogP contribution in [-0.4, -0.2) is 22.0 Å². The number of aryl methyl sites for hydroxylation is 2. The highest BCUT2D eigenvalue weighted by Crippen LogP contribution is 2.28. The first-order valence-electron chi connectivity index (χ1n) is 11.7. The summed E-state index contributed by atoms with van der Waals surface area (Å²) in [7, 11) is 0. The van der Waals surface area contributed by atoms with Crippen LogP contribution in [0.25, 0.3) is 17.1 Å². The van der Waals surface area contributed by atoms with Crippen LogP contribution in [0.1, 0.15) is 56.3 Å². The van der Waals surface area contributed by atoms with Gasteiger partial charge >= 0.3 is 0 Å². The zero-order chi connectivity index (χ0) is 21.3. The summed E-state index contributed by atoms with van der Waals surface area (Å²) in [6.07, 6.45) is 13.4. The van der Waals surface area contributed by atoms with Gasteiger partial charge in [-0.3, -0.25) is 4.79 Å². The number of hydrogen-bond acceptors (Lipinski definition) is 2. The lowest BCUT2D eigenvalue weighted by atomic mass is 9.87. The molecule has 1 saturated carbocycles. The van der Waals surface area contributed by atoms with E-state index in [1.807, 2.05) is 36.4 Å². The number of fused-ring (bicyclic) bond motifs is 1. The van der Waals surface area contributed by atoms with Crippen LogP contribution >= 0.6 is 0 Å². The molecule has 4 heteroatoms. The summed E-state index contributed by atoms with van der Waals surface area (Å²) in [6, 6.07) is 18.3. The summed E-state index contributed by atoms with van der Waals surface area (Å²) in [5.74, 6) is 1.96. The smallest absolute Gasteiger partial charge is 0.243 e. The third-order valence-corrected chi connectivity index (χ3v) is 6.32. The van der Waals surface area contributed by atoms with Gasteiger partial charge in [0, 0.05) is 25.6 Å². The van der Waals surface area contributed by atoms with E-state index in [4.69, 9.17) is 4.98 Å². The summed E-state index contributed by atoms with van der Waals surface area (Å²) >= 11 is 0. The highest BCUT2D eigenvalue weighted by Gasteiger charge is 2.16. The van der Waals surface area contributed by atoms with Crippen molar-refractivity contribution in [3.8, 4) is 0 Å². The maximum absolute atomic E-state index is 12.1. The minimum atomic E-state index is -0.0466. The van der Waals surface area contributed by atoms with E-state index in [1.54, 1.807) is 6.08 Å². The molecule has 0 atom stereocenters. The second-order valence-electron chi connectivity index (χ2n) is 8.60. The molecule has 1 aliphatic rings. The lowest BCUT2D eigenvalue weighted by molar-refractivity contribution is -0.116. The fourth-order valence-electron chi connectivity index (χ4n) is 4.61. The number of imidazole rings is 1. The van der Waals surface area contributed by atoms with Crippen molar-refractivity contribution >= 4 is 23.0 Å². The lowest BCUT2D eigenvalue weighted by Gasteiger charge is -2.22. The van der Waals surface area contributed by atoms with Gasteiger partial charge in [0.25, 0.3) is 0 Å². The molecule has 0 aliphatic heterocycles. The fourth-order valence-corrected chi connectivity index (χ4v) is 4.61. The normalized spacial score (nSPS) is 15.0. The van der Waals surface area contributed by atoms with Crippen molar-refractivity contribution in [2.75, 3.05) is 6.54 Å². The van der Waals surface area contributed by atoms with Gasteiger partial charge in [-0.05, 0) is 42.5 Å². The Morgan fingerprint density at radius 2 is 1.81 bits per heavy atom. The Bertz CT molecular complexity index is 1000. The Hall–Kier alpha value is -2.88. The molecule has 2 aromatic carbocycles. The van der Waals surface area contributed by atoms with Crippen LogP contribution in [0.2, 0.25) is 0 Å². The predicted octanol–water partition coefficient (Wildman–Crippen LogP) is 5.77. The van der Waals surface area contributed by atoms with E-state index in [0.29, 0.717) is 6.54 Å². The van der Waals surface area contributed by atoms with Crippen LogP contribution in [0.3, 0.4) is 0 Å². The third kappa shape index (κ3) is 6.06. The number of nitrogens with one attached hydrogen (secondary N) is 1. The van der Waals surface area contributed by atoms with Crippen LogP contribution in [0, 0.1) is 5.92 Å². The van der Waals surface area contributed by atoms with Crippen LogP contribution < -0.4 is 5.32 Å². The molecule has 4 nitrogen and oxygen atoms in total. The maximum Gasteiger partial charge on any atom is 0.243 e. The summed E-state index contributed by atoms with van der Waals surface area (Å²) in [6.45, 7) is 1.70. The van der Waals surface area contributed by atoms with Crippen LogP contribution in [0.15, 0.2) is 60.7 Å². The van der Waals surface area contributed by atoms with E-state index in [-0.39, 0.29) is 5.91 Å². The molecule has 3 aromatic rings. The zero-order valence-corrected chi connectivity index (χ0v) is 18.3. The number of rotatable bonds is 9. The number of nitrogens with zero attached hydrogens (tertiary/aromatic N) is 2. The van der Waals surface area contributed by atoms with Gasteiger partial charge < -0.3 is 9.88 Å². The standard InChI is InChI=1S/C27H33N3O/c31-27(18-17-22-10-3-1-4-11-22)28-20-9-16-26-29-24-14-7-8-15-25(24)30(26)21-19-23-12-5-2-6-13-23/h1,3-4,7-8,10-11,14-15,17-18,23H,2,5-6,9,12-13,16,19-21H2,(H,28,31)/b18-17+. The van der Waals surface area contributed by atoms with Gasteiger partial charge in [-0.2, -0.15) is 0 Å². The van der Waals surface area contributed by atoms with Crippen molar-refractivity contribution in [1.29, 1.82) is 0 Å². The quantitative estimate of drug-likeness (QED) is 0.356. The van der Waals surface area contributed by atoms with Crippen LogP contribution in [0.5, 0.6) is 0 Å². The average Bonchev–Trinajstić information content (AvgIpc) is 3.18. The first-order chi connectivity index (χ1) is 15.3. The SMILES string of the molecule is O=C(/C=C/c1ccccc1)NCCCc1nc2ccccc2n1CCC1CCCCC1. The van der Waals surface area contributed by atoms with Gasteiger partial charge in [-0.1, -0.05) is 74.6 Å². The minimum Gasteiger partial charge on any atom is -0.353 e. The van der Waals surface area contributed by atoms with Crippen molar-refractivity contribution in [3.63, 3.8) is 0 Å². The predicted molar refractivity (Wildman–Crippen MR) is 128 cm³/mol. The number of carbonyl (C=O) groups is 1. The summed E-state index contributed by atoms with van der Waals surface area (Å²) in [5, 5.41) is 3.00. The van der Waals surface area contributed by atoms with Gasteiger partial charge in [0.2, 0.25) is 5.91 Å². The molecule has 1 amide bonds. The molecule has 0 saturated heterocycles. The molecule has 1 aromatic heterocycles. The highest BCUT2D eigenvalue weighted by atomic mass is 16.1. The van der Waals surface area contributed by atoms with Crippen LogP contribution in [0.4, 0.5) is 0 Å². The van der Waals surface area contributed by atoms with E-state index in [2.05, 4.69) is 34.1 Å². The molecule has 0 unspecified atom stereocenters. The number of para-hydroxylation sites is 2. The maximum atomic E-state index is 12.1. The lowest BCUT2D eigenvalue weighted by Crippen LogP contribution is -2.22. The van der Waals surface area contributed by atoms with E-state index in [0.717, 1.165) is 42.2 Å². The second kappa shape index (κ2) is 10.9. The molecular formula is C27H33N3O. The van der Waals surface area contributed by atoms with Crippen molar-refractivity contribution in [2.45, 2.75) is 57.9 Å². The molecule has 0 spiro atoms. The number of benzene rings is 2. The largest absolute Gasteiger partial charge is 0.353 e. The van der Waals surface area contributed by atoms with E-state index in [1.165, 1.54) is 44.0 Å². The molecule has 162 valence electrons. The Morgan fingerprint density at radius 1 is 1.03 bits per heavy atom. The average molecular weight is 416 g/mol. The number of amides is 1. The monoisotopic (exact) mass is 415 g/mol. The van der Waals surface area contributed by atoms with Gasteiger partial charge in [0.05, 0.1) is 11.0 Å². The molecule has 1 N–H and O–H groups in total. The summed E-state index contributed by atoms with van der Waals surface area (Å²) in [5.41, 5.74) is 3.35. The molecule has 1 fully saturated rings. The van der Waals surface area contributed by atoms with Gasteiger partial charge in [0.1, 0.15) is 5.82 Å². The first kappa shape index (κ1) is 21.4. The van der Waals surface area contributed by atoms with Crippen molar-refractivity contribution in [1.82, 2.24) is 14.9 Å². The van der Waals surface area contributed by atoms with Gasteiger partial charge in [-0.25, -0.2) is 4.98 Å². The summed E-state index contributed by atoms with van der Waals surface area (Å²) < 4.78 is 2.42. The van der Waals surface area contributed by atoms with E-state index in [9.17, 15) is 4.79 Å². The third-order valence-electron chi connectivity index (χ3n) is 6.32. The molecule has 1 heterocycles. The molecule has 1 aliphatic carbocycles. The topological polar surface area (TPSA) is 46.9 Å². The minimum absolute atomic E-state index is 0.0466. The zero-order valence-electron chi connectivity index (χ0n) is 18.3. The van der Waals surface area contributed by atoms with Gasteiger partial charge in [0.15, 0.2) is 0 Å². The Balaban J connectivity index is 1.31. The molecular weight excluding hydrogens is 382 g/mol. The molecule has 0 bridgehead atoms. The van der Waals surface area contributed by atoms with Crippen molar-refractivity contribution in [2.24, 2.45) is 5.92 Å². The van der Waals surface area contributed by atoms with Crippen LogP contribution in [-0.2, 0) is 17.8 Å². The number of aromatic nitrogens is 2. The fraction of sp³-hybridized carbons (Fsp3) is 0.407. The molecule has 0 radical (unpaired) electrons. The van der Waals surface area contributed by atoms with Crippen molar-refractivity contribution in [3.05, 3.63) is 72.1 Å². The van der Waals surface area contributed by atoms with Crippen molar-refractivity contribution < 1.29 is 4.79 Å². The van der Waals surface area contributed by atoms with Gasteiger partial charge in [-0.15, -0.1) is 0 Å². The number of hydrogen-bond donors (Lipinski definition) is 1. The first-order valence-corrected chi connectivity index (χ1v) is 11.7. The van der Waals surface area contributed by atoms with E-state index < -0.39 is 0 Å². The second-order valence-corrected chi connectivity index (χ2v) is 8.60. The molecule has 31 heavy (non-hydrogen) atoms. The Morgan fingerprint density at radius 3 is 2.65 bits per heavy atom. The highest BCUT2D eigenvalue weighted by molar-refractivity contribution is 5.91.